The first-order valence-corrected chi connectivity index (χ1v) is 5.80. The van der Waals surface area contributed by atoms with Gasteiger partial charge in [-0.25, -0.2) is 0 Å². The van der Waals surface area contributed by atoms with Gasteiger partial charge in [0.25, 0.3) is 0 Å². The summed E-state index contributed by atoms with van der Waals surface area (Å²) in [4.78, 5) is 11.6. The van der Waals surface area contributed by atoms with Crippen LogP contribution in [0.15, 0.2) is 30.3 Å². The van der Waals surface area contributed by atoms with Gasteiger partial charge in [0.05, 0.1) is 12.6 Å². The summed E-state index contributed by atoms with van der Waals surface area (Å²) < 4.78 is 0. The van der Waals surface area contributed by atoms with Crippen molar-refractivity contribution < 1.29 is 4.79 Å². The molecule has 0 bridgehead atoms. The topological polar surface area (TPSA) is 41.1 Å². The van der Waals surface area contributed by atoms with Crippen molar-refractivity contribution in [2.45, 2.75) is 18.9 Å². The van der Waals surface area contributed by atoms with E-state index in [1.165, 1.54) is 18.4 Å². The fourth-order valence-electron chi connectivity index (χ4n) is 1.95. The molecule has 0 heterocycles. The van der Waals surface area contributed by atoms with Crippen LogP contribution in [-0.4, -0.2) is 19.5 Å². The Morgan fingerprint density at radius 1 is 1.38 bits per heavy atom. The van der Waals surface area contributed by atoms with Crippen molar-refractivity contribution in [2.24, 2.45) is 5.92 Å². The number of carbonyl (C=O) groups is 1. The lowest BCUT2D eigenvalue weighted by atomic mass is 10.0. The smallest absolute Gasteiger partial charge is 0.234 e. The SMILES string of the molecule is CNCC(=O)NC(c1ccccc1)C1CC1. The third-order valence-corrected chi connectivity index (χ3v) is 2.91. The van der Waals surface area contributed by atoms with E-state index in [1.54, 1.807) is 7.05 Å². The number of carbonyl (C=O) groups excluding carboxylic acids is 1. The lowest BCUT2D eigenvalue weighted by Crippen LogP contribution is -2.35. The van der Waals surface area contributed by atoms with Gasteiger partial charge >= 0.3 is 0 Å². The van der Waals surface area contributed by atoms with Crippen LogP contribution < -0.4 is 10.6 Å². The molecule has 0 spiro atoms. The summed E-state index contributed by atoms with van der Waals surface area (Å²) in [5.41, 5.74) is 1.22. The number of rotatable bonds is 5. The molecule has 0 aromatic heterocycles. The zero-order valence-electron chi connectivity index (χ0n) is 9.57. The maximum atomic E-state index is 11.6. The van der Waals surface area contributed by atoms with Gasteiger partial charge in [-0.1, -0.05) is 30.3 Å². The Hall–Kier alpha value is -1.35. The number of amides is 1. The highest BCUT2D eigenvalue weighted by Crippen LogP contribution is 2.40. The van der Waals surface area contributed by atoms with Crippen molar-refractivity contribution >= 4 is 5.91 Å². The van der Waals surface area contributed by atoms with Gasteiger partial charge in [-0.15, -0.1) is 0 Å². The lowest BCUT2D eigenvalue weighted by Gasteiger charge is -2.18. The summed E-state index contributed by atoms with van der Waals surface area (Å²) in [6.07, 6.45) is 2.44. The van der Waals surface area contributed by atoms with E-state index in [-0.39, 0.29) is 11.9 Å². The normalized spacial score (nSPS) is 16.8. The van der Waals surface area contributed by atoms with E-state index < -0.39 is 0 Å². The third kappa shape index (κ3) is 2.83. The minimum absolute atomic E-state index is 0.0725. The van der Waals surface area contributed by atoms with Gasteiger partial charge in [-0.2, -0.15) is 0 Å². The van der Waals surface area contributed by atoms with Crippen molar-refractivity contribution in [3.05, 3.63) is 35.9 Å². The second kappa shape index (κ2) is 5.12. The molecule has 1 unspecified atom stereocenters. The molecule has 1 saturated carbocycles. The van der Waals surface area contributed by atoms with E-state index in [2.05, 4.69) is 22.8 Å². The first kappa shape index (κ1) is 11.1. The van der Waals surface area contributed by atoms with E-state index in [9.17, 15) is 4.79 Å². The first-order chi connectivity index (χ1) is 7.81. The van der Waals surface area contributed by atoms with E-state index in [0.29, 0.717) is 12.5 Å². The highest BCUT2D eigenvalue weighted by Gasteiger charge is 2.32. The van der Waals surface area contributed by atoms with Crippen LogP contribution in [0.25, 0.3) is 0 Å². The predicted octanol–water partition coefficient (Wildman–Crippen LogP) is 1.47. The molecule has 0 radical (unpaired) electrons. The predicted molar refractivity (Wildman–Crippen MR) is 64.0 cm³/mol. The maximum Gasteiger partial charge on any atom is 0.234 e. The lowest BCUT2D eigenvalue weighted by molar-refractivity contribution is -0.121. The monoisotopic (exact) mass is 218 g/mol. The van der Waals surface area contributed by atoms with Crippen LogP contribution in [-0.2, 0) is 4.79 Å². The molecule has 2 N–H and O–H groups in total. The fourth-order valence-corrected chi connectivity index (χ4v) is 1.95. The zero-order valence-corrected chi connectivity index (χ0v) is 9.57. The molecule has 1 aliphatic rings. The van der Waals surface area contributed by atoms with E-state index >= 15 is 0 Å². The third-order valence-electron chi connectivity index (χ3n) is 2.91. The van der Waals surface area contributed by atoms with Crippen LogP contribution >= 0.6 is 0 Å². The molecule has 1 fully saturated rings. The van der Waals surface area contributed by atoms with Crippen LogP contribution in [0.5, 0.6) is 0 Å². The molecule has 16 heavy (non-hydrogen) atoms. The van der Waals surface area contributed by atoms with Crippen LogP contribution in [0.2, 0.25) is 0 Å². The maximum absolute atomic E-state index is 11.6. The number of hydrogen-bond donors (Lipinski definition) is 2. The highest BCUT2D eigenvalue weighted by molar-refractivity contribution is 5.78. The minimum atomic E-state index is 0.0725. The quantitative estimate of drug-likeness (QED) is 0.786. The van der Waals surface area contributed by atoms with Gasteiger partial charge in [0, 0.05) is 0 Å². The van der Waals surface area contributed by atoms with Gasteiger partial charge < -0.3 is 10.6 Å². The summed E-state index contributed by atoms with van der Waals surface area (Å²) in [6, 6.07) is 10.4. The van der Waals surface area contributed by atoms with Crippen LogP contribution in [0, 0.1) is 5.92 Å². The molecule has 2 rings (SSSR count). The molecule has 1 aromatic rings. The van der Waals surface area contributed by atoms with Crippen molar-refractivity contribution in [1.29, 1.82) is 0 Å². The Kier molecular flexibility index (Phi) is 3.57. The Morgan fingerprint density at radius 3 is 2.62 bits per heavy atom. The second-order valence-electron chi connectivity index (χ2n) is 4.32. The average Bonchev–Trinajstić information content (AvgIpc) is 3.11. The van der Waals surface area contributed by atoms with Gasteiger partial charge in [-0.05, 0) is 31.4 Å². The van der Waals surface area contributed by atoms with Crippen LogP contribution in [0.1, 0.15) is 24.4 Å². The van der Waals surface area contributed by atoms with Crippen molar-refractivity contribution in [2.75, 3.05) is 13.6 Å². The minimum Gasteiger partial charge on any atom is -0.348 e. The second-order valence-corrected chi connectivity index (χ2v) is 4.32. The van der Waals surface area contributed by atoms with E-state index in [4.69, 9.17) is 0 Å². The molecular formula is C13H18N2O. The number of benzene rings is 1. The zero-order chi connectivity index (χ0) is 11.4. The van der Waals surface area contributed by atoms with Crippen molar-refractivity contribution in [1.82, 2.24) is 10.6 Å². The van der Waals surface area contributed by atoms with Crippen LogP contribution in [0.3, 0.4) is 0 Å². The Bertz CT molecular complexity index is 346. The molecule has 86 valence electrons. The molecule has 3 heteroatoms. The van der Waals surface area contributed by atoms with Crippen LogP contribution in [0.4, 0.5) is 0 Å². The Labute approximate surface area is 96.2 Å². The summed E-state index contributed by atoms with van der Waals surface area (Å²) in [7, 11) is 1.79. The molecule has 1 atom stereocenters. The molecule has 3 nitrogen and oxygen atoms in total. The molecule has 0 saturated heterocycles. The Morgan fingerprint density at radius 2 is 2.06 bits per heavy atom. The van der Waals surface area contributed by atoms with Crippen molar-refractivity contribution in [3.8, 4) is 0 Å². The standard InChI is InChI=1S/C13H18N2O/c1-14-9-12(16)15-13(11-7-8-11)10-5-3-2-4-6-10/h2-6,11,13-14H,7-9H2,1H3,(H,15,16). The Balaban J connectivity index is 2.03. The van der Waals surface area contributed by atoms with Gasteiger partial charge in [-0.3, -0.25) is 4.79 Å². The number of nitrogens with one attached hydrogen (secondary N) is 2. The number of hydrogen-bond acceptors (Lipinski definition) is 2. The average molecular weight is 218 g/mol. The van der Waals surface area contributed by atoms with Crippen molar-refractivity contribution in [3.63, 3.8) is 0 Å². The highest BCUT2D eigenvalue weighted by atomic mass is 16.1. The first-order valence-electron chi connectivity index (χ1n) is 5.80. The van der Waals surface area contributed by atoms with Gasteiger partial charge in [0.15, 0.2) is 0 Å². The summed E-state index contributed by atoms with van der Waals surface area (Å²) in [6.45, 7) is 0.385. The molecule has 0 aliphatic heterocycles. The molecule has 1 aliphatic carbocycles. The largest absolute Gasteiger partial charge is 0.348 e. The van der Waals surface area contributed by atoms with Gasteiger partial charge in [0.1, 0.15) is 0 Å². The summed E-state index contributed by atoms with van der Waals surface area (Å²) in [5, 5.41) is 5.97. The van der Waals surface area contributed by atoms with E-state index in [1.807, 2.05) is 18.2 Å². The molecule has 1 amide bonds. The molecular weight excluding hydrogens is 200 g/mol. The van der Waals surface area contributed by atoms with Gasteiger partial charge in [0.2, 0.25) is 5.91 Å². The summed E-state index contributed by atoms with van der Waals surface area (Å²) >= 11 is 0. The summed E-state index contributed by atoms with van der Waals surface area (Å²) in [5.74, 6) is 0.700. The number of likely N-dealkylation sites (N-methyl/N-ethyl adjacent to an activating group) is 1. The fraction of sp³-hybridized carbons (Fsp3) is 0.462. The van der Waals surface area contributed by atoms with E-state index in [0.717, 1.165) is 0 Å². The molecule has 1 aromatic carbocycles.